The Bertz CT molecular complexity index is 1150. The van der Waals surface area contributed by atoms with Gasteiger partial charge < -0.3 is 10.8 Å². The Balaban J connectivity index is 1.82. The van der Waals surface area contributed by atoms with Crippen molar-refractivity contribution in [1.29, 1.82) is 0 Å². The van der Waals surface area contributed by atoms with E-state index in [-0.39, 0.29) is 6.04 Å². The maximum absolute atomic E-state index is 10.3. The highest BCUT2D eigenvalue weighted by Gasteiger charge is 2.20. The molecule has 4 nitrogen and oxygen atoms in total. The van der Waals surface area contributed by atoms with Crippen LogP contribution in [-0.4, -0.2) is 15.1 Å². The second-order valence-electron chi connectivity index (χ2n) is 7.20. The van der Waals surface area contributed by atoms with Gasteiger partial charge in [-0.2, -0.15) is 0 Å². The van der Waals surface area contributed by atoms with Gasteiger partial charge in [-0.3, -0.25) is 0 Å². The van der Waals surface area contributed by atoms with Crippen LogP contribution in [0.25, 0.3) is 21.5 Å². The molecule has 0 saturated carbocycles. The number of hydrogen-bond donors (Lipinski definition) is 2. The minimum atomic E-state index is -1.03. The zero-order chi connectivity index (χ0) is 19.9. The van der Waals surface area contributed by atoms with Crippen LogP contribution in [0.15, 0.2) is 60.8 Å². The zero-order valence-electron chi connectivity index (χ0n) is 15.6. The summed E-state index contributed by atoms with van der Waals surface area (Å²) < 4.78 is 1.06. The zero-order valence-corrected chi connectivity index (χ0v) is 17.1. The lowest BCUT2D eigenvalue weighted by molar-refractivity contribution is 0.0738. The third kappa shape index (κ3) is 3.54. The lowest BCUT2D eigenvalue weighted by atomic mass is 10.0. The molecule has 0 bridgehead atoms. The summed E-state index contributed by atoms with van der Waals surface area (Å²) in [5.74, 6) is 0.588. The molecule has 4 rings (SSSR count). The first-order valence-corrected chi connectivity index (χ1v) is 10.1. The SMILES string of the molecule is CC(C)(O)c1ccnc(-c2cccc3cc([C@H](N)c4ccccc4Cl)sc23)n1. The molecule has 0 aliphatic heterocycles. The predicted molar refractivity (Wildman–Crippen MR) is 116 cm³/mol. The van der Waals surface area contributed by atoms with Crippen LogP contribution in [0.1, 0.15) is 36.0 Å². The molecule has 142 valence electrons. The van der Waals surface area contributed by atoms with Crippen molar-refractivity contribution in [3.05, 3.63) is 82.0 Å². The minimum absolute atomic E-state index is 0.303. The topological polar surface area (TPSA) is 72.0 Å². The summed E-state index contributed by atoms with van der Waals surface area (Å²) in [6.07, 6.45) is 1.68. The number of benzene rings is 2. The van der Waals surface area contributed by atoms with E-state index in [0.29, 0.717) is 16.5 Å². The van der Waals surface area contributed by atoms with Crippen LogP contribution in [0.5, 0.6) is 0 Å². The molecular formula is C22H20ClN3OS. The number of aromatic nitrogens is 2. The normalized spacial score (nSPS) is 13.0. The van der Waals surface area contributed by atoms with Crippen LogP contribution < -0.4 is 5.73 Å². The van der Waals surface area contributed by atoms with E-state index in [1.165, 1.54) is 0 Å². The Hall–Kier alpha value is -2.31. The van der Waals surface area contributed by atoms with Crippen molar-refractivity contribution in [2.45, 2.75) is 25.5 Å². The van der Waals surface area contributed by atoms with E-state index in [1.807, 2.05) is 36.4 Å². The Morgan fingerprint density at radius 3 is 2.64 bits per heavy atom. The molecule has 0 amide bonds. The monoisotopic (exact) mass is 409 g/mol. The van der Waals surface area contributed by atoms with Gasteiger partial charge in [0.2, 0.25) is 0 Å². The molecule has 2 heterocycles. The molecule has 6 heteroatoms. The van der Waals surface area contributed by atoms with Gasteiger partial charge in [0.15, 0.2) is 5.82 Å². The summed E-state index contributed by atoms with van der Waals surface area (Å²) >= 11 is 7.95. The first kappa shape index (κ1) is 19.0. The lowest BCUT2D eigenvalue weighted by Gasteiger charge is -2.16. The second kappa shape index (κ2) is 7.26. The number of aliphatic hydroxyl groups is 1. The smallest absolute Gasteiger partial charge is 0.160 e. The molecular weight excluding hydrogens is 390 g/mol. The number of fused-ring (bicyclic) bond motifs is 1. The van der Waals surface area contributed by atoms with Crippen LogP contribution in [0, 0.1) is 0 Å². The standard InChI is InChI=1S/C22H20ClN3OS/c1-22(2,27)18-10-11-25-21(26-18)15-8-5-6-13-12-17(28-20(13)15)19(24)14-7-3-4-9-16(14)23/h3-12,19,27H,24H2,1-2H3/t19-/m1/s1. The summed E-state index contributed by atoms with van der Waals surface area (Å²) in [7, 11) is 0. The molecule has 3 N–H and O–H groups in total. The minimum Gasteiger partial charge on any atom is -0.384 e. The average Bonchev–Trinajstić information content (AvgIpc) is 3.11. The van der Waals surface area contributed by atoms with Gasteiger partial charge in [0.1, 0.15) is 5.60 Å². The van der Waals surface area contributed by atoms with Crippen LogP contribution >= 0.6 is 22.9 Å². The largest absolute Gasteiger partial charge is 0.384 e. The van der Waals surface area contributed by atoms with E-state index in [9.17, 15) is 5.11 Å². The number of rotatable bonds is 4. The molecule has 0 aliphatic rings. The maximum atomic E-state index is 10.3. The van der Waals surface area contributed by atoms with Crippen LogP contribution in [0.2, 0.25) is 5.02 Å². The van der Waals surface area contributed by atoms with Gasteiger partial charge in [0, 0.05) is 26.4 Å². The molecule has 4 aromatic rings. The summed E-state index contributed by atoms with van der Waals surface area (Å²) in [5, 5.41) is 12.0. The van der Waals surface area contributed by atoms with Crippen molar-refractivity contribution in [3.63, 3.8) is 0 Å². The highest BCUT2D eigenvalue weighted by atomic mass is 35.5. The Labute approximate surface area is 172 Å². The molecule has 2 aromatic heterocycles. The van der Waals surface area contributed by atoms with Gasteiger partial charge in [0.05, 0.1) is 11.7 Å². The van der Waals surface area contributed by atoms with E-state index >= 15 is 0 Å². The first-order chi connectivity index (χ1) is 13.3. The highest BCUT2D eigenvalue weighted by molar-refractivity contribution is 7.19. The van der Waals surface area contributed by atoms with Crippen LogP contribution in [-0.2, 0) is 5.60 Å². The third-order valence-corrected chi connectivity index (χ3v) is 6.24. The highest BCUT2D eigenvalue weighted by Crippen LogP contribution is 2.38. The molecule has 0 unspecified atom stereocenters. The van der Waals surface area contributed by atoms with Crippen molar-refractivity contribution in [1.82, 2.24) is 9.97 Å². The Morgan fingerprint density at radius 2 is 1.89 bits per heavy atom. The second-order valence-corrected chi connectivity index (χ2v) is 8.69. The molecule has 28 heavy (non-hydrogen) atoms. The maximum Gasteiger partial charge on any atom is 0.160 e. The van der Waals surface area contributed by atoms with Crippen molar-refractivity contribution in [2.24, 2.45) is 5.73 Å². The van der Waals surface area contributed by atoms with Crippen molar-refractivity contribution < 1.29 is 5.11 Å². The Kier molecular flexibility index (Phi) is 4.93. The molecule has 1 atom stereocenters. The molecule has 0 spiro atoms. The van der Waals surface area contributed by atoms with E-state index in [2.05, 4.69) is 22.1 Å². The average molecular weight is 410 g/mol. The first-order valence-electron chi connectivity index (χ1n) is 8.93. The quantitative estimate of drug-likeness (QED) is 0.480. The van der Waals surface area contributed by atoms with Crippen LogP contribution in [0.3, 0.4) is 0 Å². The van der Waals surface area contributed by atoms with E-state index in [0.717, 1.165) is 26.1 Å². The van der Waals surface area contributed by atoms with E-state index in [4.69, 9.17) is 17.3 Å². The summed E-state index contributed by atoms with van der Waals surface area (Å²) in [5.41, 5.74) is 7.89. The molecule has 0 fully saturated rings. The molecule has 0 radical (unpaired) electrons. The molecule has 0 aliphatic carbocycles. The number of thiophene rings is 1. The fourth-order valence-electron chi connectivity index (χ4n) is 3.12. The summed E-state index contributed by atoms with van der Waals surface area (Å²) in [6, 6.07) is 17.2. The van der Waals surface area contributed by atoms with Gasteiger partial charge in [0.25, 0.3) is 0 Å². The van der Waals surface area contributed by atoms with Crippen molar-refractivity contribution in [3.8, 4) is 11.4 Å². The van der Waals surface area contributed by atoms with E-state index in [1.54, 1.807) is 37.4 Å². The van der Waals surface area contributed by atoms with Crippen molar-refractivity contribution in [2.75, 3.05) is 0 Å². The predicted octanol–water partition coefficient (Wildman–Crippen LogP) is 5.29. The fourth-order valence-corrected chi connectivity index (χ4v) is 4.57. The summed E-state index contributed by atoms with van der Waals surface area (Å²) in [6.45, 7) is 3.43. The van der Waals surface area contributed by atoms with Gasteiger partial charge in [-0.05, 0) is 49.1 Å². The van der Waals surface area contributed by atoms with Gasteiger partial charge >= 0.3 is 0 Å². The Morgan fingerprint density at radius 1 is 1.11 bits per heavy atom. The molecule has 0 saturated heterocycles. The summed E-state index contributed by atoms with van der Waals surface area (Å²) in [4.78, 5) is 10.0. The van der Waals surface area contributed by atoms with E-state index < -0.39 is 5.60 Å². The number of hydrogen-bond acceptors (Lipinski definition) is 5. The number of halogens is 1. The molecule has 2 aromatic carbocycles. The third-order valence-electron chi connectivity index (χ3n) is 4.63. The van der Waals surface area contributed by atoms with Gasteiger partial charge in [-0.15, -0.1) is 11.3 Å². The lowest BCUT2D eigenvalue weighted by Crippen LogP contribution is -2.17. The number of nitrogens with zero attached hydrogens (tertiary/aromatic N) is 2. The fraction of sp³-hybridized carbons (Fsp3) is 0.182. The van der Waals surface area contributed by atoms with Crippen molar-refractivity contribution >= 4 is 33.0 Å². The van der Waals surface area contributed by atoms with Gasteiger partial charge in [-0.25, -0.2) is 9.97 Å². The van der Waals surface area contributed by atoms with Crippen LogP contribution in [0.4, 0.5) is 0 Å². The number of nitrogens with two attached hydrogens (primary N) is 1. The van der Waals surface area contributed by atoms with Gasteiger partial charge in [-0.1, -0.05) is 41.9 Å².